The normalized spacial score (nSPS) is 24.8. The highest BCUT2D eigenvalue weighted by atomic mass is 16.5. The molecule has 0 aromatic heterocycles. The third-order valence-electron chi connectivity index (χ3n) is 4.01. The number of amides is 1. The number of carbonyl (C=O) groups is 1. The van der Waals surface area contributed by atoms with E-state index in [-0.39, 0.29) is 18.1 Å². The van der Waals surface area contributed by atoms with Gasteiger partial charge < -0.3 is 14.8 Å². The Kier molecular flexibility index (Phi) is 4.21. The van der Waals surface area contributed by atoms with Crippen LogP contribution in [0.2, 0.25) is 0 Å². The molecule has 3 rings (SSSR count). The van der Waals surface area contributed by atoms with E-state index in [0.717, 1.165) is 43.6 Å². The number of benzene rings is 1. The molecule has 1 N–H and O–H groups in total. The molecule has 1 aromatic carbocycles. The highest BCUT2D eigenvalue weighted by molar-refractivity contribution is 5.76. The van der Waals surface area contributed by atoms with Crippen LogP contribution in [0.3, 0.4) is 0 Å². The summed E-state index contributed by atoms with van der Waals surface area (Å²) in [5.41, 5.74) is 1.09. The van der Waals surface area contributed by atoms with Crippen LogP contribution in [-0.2, 0) is 9.53 Å². The highest BCUT2D eigenvalue weighted by Crippen LogP contribution is 2.31. The van der Waals surface area contributed by atoms with E-state index in [2.05, 4.69) is 5.32 Å². The average Bonchev–Trinajstić information content (AvgIpc) is 2.99. The second-order valence-electron chi connectivity index (χ2n) is 5.47. The van der Waals surface area contributed by atoms with Gasteiger partial charge in [-0.2, -0.15) is 0 Å². The maximum absolute atomic E-state index is 12.1. The smallest absolute Gasteiger partial charge is 0.220 e. The van der Waals surface area contributed by atoms with Crippen molar-refractivity contribution in [1.29, 1.82) is 0 Å². The number of para-hydroxylation sites is 1. The van der Waals surface area contributed by atoms with Crippen molar-refractivity contribution in [3.05, 3.63) is 29.8 Å². The van der Waals surface area contributed by atoms with E-state index < -0.39 is 0 Å². The Bertz CT molecular complexity index is 469. The van der Waals surface area contributed by atoms with Crippen LogP contribution in [0, 0.1) is 0 Å². The van der Waals surface area contributed by atoms with E-state index >= 15 is 0 Å². The molecule has 2 atom stereocenters. The molecule has 2 aliphatic heterocycles. The Balaban J connectivity index is 1.54. The van der Waals surface area contributed by atoms with Crippen molar-refractivity contribution < 1.29 is 14.3 Å². The van der Waals surface area contributed by atoms with Crippen molar-refractivity contribution in [1.82, 2.24) is 5.32 Å². The standard InChI is InChI=1S/C16H21NO3/c18-16(8-7-12-4-3-10-19-12)17-14-9-11-20-15-6-2-1-5-13(14)15/h1-2,5-6,12,14H,3-4,7-11H2,(H,17,18)/t12-,14+/m0/s1. The fraction of sp³-hybridized carbons (Fsp3) is 0.562. The second-order valence-corrected chi connectivity index (χ2v) is 5.47. The molecule has 1 saturated heterocycles. The molecule has 0 aliphatic carbocycles. The van der Waals surface area contributed by atoms with Crippen molar-refractivity contribution in [2.75, 3.05) is 13.2 Å². The van der Waals surface area contributed by atoms with Crippen molar-refractivity contribution in [3.8, 4) is 5.75 Å². The van der Waals surface area contributed by atoms with E-state index in [1.807, 2.05) is 24.3 Å². The SMILES string of the molecule is O=C(CC[C@@H]1CCCO1)N[C@@H]1CCOc2ccccc21. The fourth-order valence-corrected chi connectivity index (χ4v) is 2.92. The lowest BCUT2D eigenvalue weighted by Gasteiger charge is -2.26. The lowest BCUT2D eigenvalue weighted by atomic mass is 10.00. The molecule has 2 heterocycles. The van der Waals surface area contributed by atoms with Crippen LogP contribution in [0.5, 0.6) is 5.75 Å². The van der Waals surface area contributed by atoms with Crippen LogP contribution in [0.15, 0.2) is 24.3 Å². The first-order valence-corrected chi connectivity index (χ1v) is 7.45. The maximum atomic E-state index is 12.1. The van der Waals surface area contributed by atoms with Gasteiger partial charge in [0.2, 0.25) is 5.91 Å². The molecule has 1 aromatic rings. The molecule has 2 aliphatic rings. The summed E-state index contributed by atoms with van der Waals surface area (Å²) in [5, 5.41) is 3.12. The third-order valence-corrected chi connectivity index (χ3v) is 4.01. The van der Waals surface area contributed by atoms with Gasteiger partial charge in [0.25, 0.3) is 0 Å². The molecule has 0 spiro atoms. The van der Waals surface area contributed by atoms with Gasteiger partial charge in [0.1, 0.15) is 5.75 Å². The van der Waals surface area contributed by atoms with Crippen LogP contribution in [0.4, 0.5) is 0 Å². The molecule has 0 bridgehead atoms. The summed E-state index contributed by atoms with van der Waals surface area (Å²) in [6.45, 7) is 1.51. The quantitative estimate of drug-likeness (QED) is 0.918. The van der Waals surface area contributed by atoms with Crippen molar-refractivity contribution in [2.24, 2.45) is 0 Å². The minimum atomic E-state index is 0.0805. The molecule has 20 heavy (non-hydrogen) atoms. The number of hydrogen-bond acceptors (Lipinski definition) is 3. The lowest BCUT2D eigenvalue weighted by molar-refractivity contribution is -0.122. The zero-order valence-electron chi connectivity index (χ0n) is 11.6. The second kappa shape index (κ2) is 6.27. The van der Waals surface area contributed by atoms with Crippen molar-refractivity contribution in [2.45, 2.75) is 44.2 Å². The van der Waals surface area contributed by atoms with Crippen LogP contribution in [0.1, 0.15) is 43.7 Å². The first kappa shape index (κ1) is 13.4. The van der Waals surface area contributed by atoms with E-state index in [1.165, 1.54) is 0 Å². The number of nitrogens with one attached hydrogen (secondary N) is 1. The van der Waals surface area contributed by atoms with Gasteiger partial charge in [-0.3, -0.25) is 4.79 Å². The van der Waals surface area contributed by atoms with Gasteiger partial charge >= 0.3 is 0 Å². The van der Waals surface area contributed by atoms with Gasteiger partial charge in [-0.05, 0) is 25.3 Å². The van der Waals surface area contributed by atoms with E-state index in [4.69, 9.17) is 9.47 Å². The molecule has 1 amide bonds. The Morgan fingerprint density at radius 1 is 1.25 bits per heavy atom. The number of rotatable bonds is 4. The van der Waals surface area contributed by atoms with Crippen molar-refractivity contribution in [3.63, 3.8) is 0 Å². The first-order chi connectivity index (χ1) is 9.83. The first-order valence-electron chi connectivity index (χ1n) is 7.45. The Labute approximate surface area is 119 Å². The molecule has 1 fully saturated rings. The summed E-state index contributed by atoms with van der Waals surface area (Å²) >= 11 is 0. The van der Waals surface area contributed by atoms with Gasteiger partial charge in [-0.25, -0.2) is 0 Å². The number of ether oxygens (including phenoxy) is 2. The predicted octanol–water partition coefficient (Wildman–Crippen LogP) is 2.59. The van der Waals surface area contributed by atoms with E-state index in [9.17, 15) is 4.79 Å². The van der Waals surface area contributed by atoms with Crippen molar-refractivity contribution >= 4 is 5.91 Å². The summed E-state index contributed by atoms with van der Waals surface area (Å²) in [5.74, 6) is 1.00. The average molecular weight is 275 g/mol. The zero-order chi connectivity index (χ0) is 13.8. The monoisotopic (exact) mass is 275 g/mol. The molecule has 0 radical (unpaired) electrons. The molecular formula is C16H21NO3. The van der Waals surface area contributed by atoms with Gasteiger partial charge in [-0.1, -0.05) is 18.2 Å². The van der Waals surface area contributed by atoms with Crippen LogP contribution in [0.25, 0.3) is 0 Å². The molecular weight excluding hydrogens is 254 g/mol. The number of carbonyl (C=O) groups excluding carboxylic acids is 1. The summed E-state index contributed by atoms with van der Waals surface area (Å²) in [4.78, 5) is 12.1. The molecule has 0 saturated carbocycles. The largest absolute Gasteiger partial charge is 0.493 e. The Hall–Kier alpha value is -1.55. The summed E-state index contributed by atoms with van der Waals surface area (Å²) in [7, 11) is 0. The van der Waals surface area contributed by atoms with Gasteiger partial charge in [0.05, 0.1) is 18.8 Å². The summed E-state index contributed by atoms with van der Waals surface area (Å²) in [6, 6.07) is 8.01. The minimum Gasteiger partial charge on any atom is -0.493 e. The lowest BCUT2D eigenvalue weighted by Crippen LogP contribution is -2.32. The topological polar surface area (TPSA) is 47.6 Å². The molecule has 0 unspecified atom stereocenters. The Morgan fingerprint density at radius 3 is 3.00 bits per heavy atom. The zero-order valence-corrected chi connectivity index (χ0v) is 11.6. The fourth-order valence-electron chi connectivity index (χ4n) is 2.92. The summed E-state index contributed by atoms with van der Waals surface area (Å²) < 4.78 is 11.2. The molecule has 108 valence electrons. The van der Waals surface area contributed by atoms with Crippen LogP contribution < -0.4 is 10.1 Å². The van der Waals surface area contributed by atoms with E-state index in [1.54, 1.807) is 0 Å². The maximum Gasteiger partial charge on any atom is 0.220 e. The van der Waals surface area contributed by atoms with Crippen LogP contribution in [-0.4, -0.2) is 25.2 Å². The molecule has 4 nitrogen and oxygen atoms in total. The third kappa shape index (κ3) is 3.12. The van der Waals surface area contributed by atoms with Gasteiger partial charge in [0.15, 0.2) is 0 Å². The van der Waals surface area contributed by atoms with E-state index in [0.29, 0.717) is 13.0 Å². The summed E-state index contributed by atoms with van der Waals surface area (Å²) in [6.07, 6.45) is 4.71. The number of fused-ring (bicyclic) bond motifs is 1. The van der Waals surface area contributed by atoms with Gasteiger partial charge in [0, 0.05) is 25.0 Å². The highest BCUT2D eigenvalue weighted by Gasteiger charge is 2.23. The van der Waals surface area contributed by atoms with Gasteiger partial charge in [-0.15, -0.1) is 0 Å². The van der Waals surface area contributed by atoms with Crippen LogP contribution >= 0.6 is 0 Å². The number of hydrogen-bond donors (Lipinski definition) is 1. The predicted molar refractivity (Wildman–Crippen MR) is 75.6 cm³/mol. The molecule has 4 heteroatoms. The Morgan fingerprint density at radius 2 is 2.15 bits per heavy atom. The minimum absolute atomic E-state index is 0.0805.